The van der Waals surface area contributed by atoms with Crippen molar-refractivity contribution in [3.63, 3.8) is 0 Å². The summed E-state index contributed by atoms with van der Waals surface area (Å²) in [6, 6.07) is 1.01. The summed E-state index contributed by atoms with van der Waals surface area (Å²) in [6.07, 6.45) is 1.95. The molecule has 2 aliphatic rings. The average molecular weight is 199 g/mol. The number of nitrogens with one attached hydrogen (secondary N) is 2. The summed E-state index contributed by atoms with van der Waals surface area (Å²) in [5, 5.41) is 16.4. The number of β-amino-alcohol motifs (C(OH)–C–C–N with tert-alkyl or cyclic N) is 1. The molecule has 2 rings (SSSR count). The van der Waals surface area contributed by atoms with Gasteiger partial charge < -0.3 is 20.6 Å². The van der Waals surface area contributed by atoms with Crippen LogP contribution in [0, 0.1) is 0 Å². The van der Waals surface area contributed by atoms with Gasteiger partial charge in [0, 0.05) is 31.7 Å². The minimum Gasteiger partial charge on any atom is -0.392 e. The number of rotatable bonds is 1. The lowest BCUT2D eigenvalue weighted by atomic mass is 10.0. The van der Waals surface area contributed by atoms with Crippen LogP contribution in [0.3, 0.4) is 0 Å². The standard InChI is InChI=1S/C10H21N3O/c1-13-4-2-9(11-3-5-13)10-6-8(14)7-12-10/h8-12,14H,2-7H2,1H3. The SMILES string of the molecule is CN1CCNC(C2CC(O)CN2)CC1. The first-order valence-corrected chi connectivity index (χ1v) is 5.59. The minimum absolute atomic E-state index is 0.136. The number of aliphatic hydroxyl groups excluding tert-OH is 1. The maximum Gasteiger partial charge on any atom is 0.0680 e. The number of nitrogens with zero attached hydrogens (tertiary/aromatic N) is 1. The fourth-order valence-corrected chi connectivity index (χ4v) is 2.41. The molecule has 0 aromatic rings. The van der Waals surface area contributed by atoms with E-state index in [0.717, 1.165) is 32.6 Å². The van der Waals surface area contributed by atoms with Crippen molar-refractivity contribution in [2.75, 3.05) is 33.2 Å². The van der Waals surface area contributed by atoms with Crippen molar-refractivity contribution in [2.45, 2.75) is 31.0 Å². The van der Waals surface area contributed by atoms with E-state index in [2.05, 4.69) is 22.6 Å². The van der Waals surface area contributed by atoms with Crippen LogP contribution in [0.25, 0.3) is 0 Å². The molecule has 0 aromatic carbocycles. The van der Waals surface area contributed by atoms with E-state index in [1.54, 1.807) is 0 Å². The highest BCUT2D eigenvalue weighted by Crippen LogP contribution is 2.14. The van der Waals surface area contributed by atoms with Gasteiger partial charge >= 0.3 is 0 Å². The maximum absolute atomic E-state index is 9.45. The highest BCUT2D eigenvalue weighted by Gasteiger charge is 2.29. The Bertz CT molecular complexity index is 188. The average Bonchev–Trinajstić information content (AvgIpc) is 2.46. The van der Waals surface area contributed by atoms with Crippen LogP contribution in [-0.2, 0) is 0 Å². The molecule has 2 saturated heterocycles. The van der Waals surface area contributed by atoms with Crippen molar-refractivity contribution in [3.05, 3.63) is 0 Å². The summed E-state index contributed by atoms with van der Waals surface area (Å²) in [6.45, 7) is 4.12. The van der Waals surface area contributed by atoms with Crippen LogP contribution >= 0.6 is 0 Å². The normalized spacial score (nSPS) is 41.1. The fourth-order valence-electron chi connectivity index (χ4n) is 2.41. The summed E-state index contributed by atoms with van der Waals surface area (Å²) in [5.41, 5.74) is 0. The first kappa shape index (κ1) is 10.4. The Morgan fingerprint density at radius 2 is 2.07 bits per heavy atom. The molecular formula is C10H21N3O. The third kappa shape index (κ3) is 2.45. The predicted octanol–water partition coefficient (Wildman–Crippen LogP) is -0.997. The van der Waals surface area contributed by atoms with Crippen LogP contribution in [-0.4, -0.2) is 61.4 Å². The third-order valence-corrected chi connectivity index (χ3v) is 3.35. The van der Waals surface area contributed by atoms with Gasteiger partial charge in [-0.2, -0.15) is 0 Å². The Hall–Kier alpha value is -0.160. The molecule has 4 nitrogen and oxygen atoms in total. The second-order valence-electron chi connectivity index (χ2n) is 4.56. The van der Waals surface area contributed by atoms with E-state index >= 15 is 0 Å². The van der Waals surface area contributed by atoms with Gasteiger partial charge in [0.2, 0.25) is 0 Å². The van der Waals surface area contributed by atoms with Gasteiger partial charge in [-0.1, -0.05) is 0 Å². The molecule has 0 aromatic heterocycles. The Labute approximate surface area is 85.7 Å². The van der Waals surface area contributed by atoms with Crippen molar-refractivity contribution in [1.29, 1.82) is 0 Å². The molecule has 0 aliphatic carbocycles. The first-order valence-electron chi connectivity index (χ1n) is 5.59. The van der Waals surface area contributed by atoms with E-state index in [-0.39, 0.29) is 6.10 Å². The number of likely N-dealkylation sites (N-methyl/N-ethyl adjacent to an activating group) is 1. The second-order valence-corrected chi connectivity index (χ2v) is 4.56. The zero-order valence-corrected chi connectivity index (χ0v) is 8.87. The van der Waals surface area contributed by atoms with Gasteiger partial charge in [-0.3, -0.25) is 0 Å². The zero-order valence-electron chi connectivity index (χ0n) is 8.87. The van der Waals surface area contributed by atoms with E-state index in [1.807, 2.05) is 0 Å². The van der Waals surface area contributed by atoms with E-state index in [0.29, 0.717) is 12.1 Å². The second kappa shape index (κ2) is 4.57. The summed E-state index contributed by atoms with van der Waals surface area (Å²) in [7, 11) is 2.17. The molecular weight excluding hydrogens is 178 g/mol. The maximum atomic E-state index is 9.45. The molecule has 0 spiro atoms. The van der Waals surface area contributed by atoms with E-state index in [4.69, 9.17) is 0 Å². The van der Waals surface area contributed by atoms with Gasteiger partial charge in [-0.15, -0.1) is 0 Å². The fraction of sp³-hybridized carbons (Fsp3) is 1.00. The summed E-state index contributed by atoms with van der Waals surface area (Å²) >= 11 is 0. The molecule has 0 bridgehead atoms. The third-order valence-electron chi connectivity index (χ3n) is 3.35. The predicted molar refractivity (Wildman–Crippen MR) is 56.3 cm³/mol. The molecule has 2 heterocycles. The monoisotopic (exact) mass is 199 g/mol. The number of hydrogen-bond acceptors (Lipinski definition) is 4. The van der Waals surface area contributed by atoms with Crippen LogP contribution in [0.15, 0.2) is 0 Å². The molecule has 3 unspecified atom stereocenters. The van der Waals surface area contributed by atoms with Gasteiger partial charge in [-0.05, 0) is 26.4 Å². The van der Waals surface area contributed by atoms with Crippen molar-refractivity contribution in [2.24, 2.45) is 0 Å². The van der Waals surface area contributed by atoms with Gasteiger partial charge in [0.25, 0.3) is 0 Å². The van der Waals surface area contributed by atoms with Crippen molar-refractivity contribution in [1.82, 2.24) is 15.5 Å². The molecule has 0 saturated carbocycles. The zero-order chi connectivity index (χ0) is 9.97. The van der Waals surface area contributed by atoms with Gasteiger partial charge in [-0.25, -0.2) is 0 Å². The Balaban J connectivity index is 1.84. The van der Waals surface area contributed by atoms with Crippen LogP contribution in [0.2, 0.25) is 0 Å². The minimum atomic E-state index is -0.136. The Kier molecular flexibility index (Phi) is 3.38. The van der Waals surface area contributed by atoms with Crippen molar-refractivity contribution < 1.29 is 5.11 Å². The lowest BCUT2D eigenvalue weighted by molar-refractivity contribution is 0.190. The molecule has 0 radical (unpaired) electrons. The van der Waals surface area contributed by atoms with Crippen LogP contribution in [0.4, 0.5) is 0 Å². The van der Waals surface area contributed by atoms with Crippen molar-refractivity contribution in [3.8, 4) is 0 Å². The summed E-state index contributed by atoms with van der Waals surface area (Å²) < 4.78 is 0. The highest BCUT2D eigenvalue weighted by atomic mass is 16.3. The number of hydrogen-bond donors (Lipinski definition) is 3. The lowest BCUT2D eigenvalue weighted by Crippen LogP contribution is -2.45. The first-order chi connectivity index (χ1) is 6.75. The molecule has 0 amide bonds. The summed E-state index contributed by atoms with van der Waals surface area (Å²) in [4.78, 5) is 2.36. The molecule has 14 heavy (non-hydrogen) atoms. The molecule has 82 valence electrons. The van der Waals surface area contributed by atoms with E-state index in [9.17, 15) is 5.11 Å². The molecule has 3 N–H and O–H groups in total. The molecule has 2 fully saturated rings. The van der Waals surface area contributed by atoms with Gasteiger partial charge in [0.1, 0.15) is 0 Å². The van der Waals surface area contributed by atoms with E-state index < -0.39 is 0 Å². The van der Waals surface area contributed by atoms with Crippen molar-refractivity contribution >= 4 is 0 Å². The van der Waals surface area contributed by atoms with Crippen LogP contribution in [0.5, 0.6) is 0 Å². The molecule has 4 heteroatoms. The quantitative estimate of drug-likeness (QED) is 0.507. The molecule has 2 aliphatic heterocycles. The number of aliphatic hydroxyl groups is 1. The molecule has 3 atom stereocenters. The van der Waals surface area contributed by atoms with Crippen LogP contribution < -0.4 is 10.6 Å². The Morgan fingerprint density at radius 1 is 1.21 bits per heavy atom. The van der Waals surface area contributed by atoms with Crippen LogP contribution in [0.1, 0.15) is 12.8 Å². The van der Waals surface area contributed by atoms with Gasteiger partial charge in [0.05, 0.1) is 6.10 Å². The Morgan fingerprint density at radius 3 is 2.79 bits per heavy atom. The smallest absolute Gasteiger partial charge is 0.0680 e. The largest absolute Gasteiger partial charge is 0.392 e. The summed E-state index contributed by atoms with van der Waals surface area (Å²) in [5.74, 6) is 0. The van der Waals surface area contributed by atoms with E-state index in [1.165, 1.54) is 6.42 Å². The van der Waals surface area contributed by atoms with Gasteiger partial charge in [0.15, 0.2) is 0 Å². The topological polar surface area (TPSA) is 47.5 Å². The lowest BCUT2D eigenvalue weighted by Gasteiger charge is -2.22. The highest BCUT2D eigenvalue weighted by molar-refractivity contribution is 4.91.